The topological polar surface area (TPSA) is 70.3 Å². The van der Waals surface area contributed by atoms with Crippen molar-refractivity contribution in [3.05, 3.63) is 84.2 Å². The lowest BCUT2D eigenvalue weighted by Crippen LogP contribution is -2.02. The van der Waals surface area contributed by atoms with Crippen molar-refractivity contribution in [2.45, 2.75) is 13.3 Å². The maximum Gasteiger partial charge on any atom is 0.219 e. The molecule has 4 aromatic rings. The molecule has 0 aliphatic carbocycles. The second kappa shape index (κ2) is 8.06. The van der Waals surface area contributed by atoms with Crippen molar-refractivity contribution < 1.29 is 9.47 Å². The quantitative estimate of drug-likeness (QED) is 0.515. The number of nitrogens with two attached hydrogens (primary N) is 1. The second-order valence-corrected chi connectivity index (χ2v) is 6.53. The van der Waals surface area contributed by atoms with E-state index in [0.717, 1.165) is 40.1 Å². The van der Waals surface area contributed by atoms with Crippen molar-refractivity contribution in [1.29, 1.82) is 0 Å². The Morgan fingerprint density at radius 3 is 2.50 bits per heavy atom. The van der Waals surface area contributed by atoms with Crippen LogP contribution < -0.4 is 15.2 Å². The molecule has 4 rings (SSSR count). The van der Waals surface area contributed by atoms with Gasteiger partial charge in [-0.05, 0) is 79.5 Å². The van der Waals surface area contributed by atoms with Gasteiger partial charge in [-0.3, -0.25) is 4.98 Å². The first-order valence-corrected chi connectivity index (χ1v) is 9.17. The van der Waals surface area contributed by atoms with Crippen molar-refractivity contribution in [1.82, 2.24) is 9.97 Å². The Labute approximate surface area is 163 Å². The second-order valence-electron chi connectivity index (χ2n) is 6.53. The summed E-state index contributed by atoms with van der Waals surface area (Å²) in [5.41, 5.74) is 8.71. The van der Waals surface area contributed by atoms with Gasteiger partial charge in [-0.25, -0.2) is 4.98 Å². The number of benzene rings is 2. The SMILES string of the molecule is Cc1cc(Oc2ccncc2)ccc1Oc1ccc2cc(CCN)ccc2n1. The first-order valence-electron chi connectivity index (χ1n) is 9.17. The van der Waals surface area contributed by atoms with Crippen LogP contribution in [0, 0.1) is 6.92 Å². The molecule has 0 unspecified atom stereocenters. The zero-order valence-electron chi connectivity index (χ0n) is 15.6. The molecule has 0 amide bonds. The Hall–Kier alpha value is -3.44. The number of pyridine rings is 2. The van der Waals surface area contributed by atoms with Gasteiger partial charge in [0, 0.05) is 23.8 Å². The van der Waals surface area contributed by atoms with Crippen LogP contribution in [0.2, 0.25) is 0 Å². The van der Waals surface area contributed by atoms with Crippen molar-refractivity contribution in [2.75, 3.05) is 6.54 Å². The number of hydrogen-bond acceptors (Lipinski definition) is 5. The molecular formula is C23H21N3O2. The summed E-state index contributed by atoms with van der Waals surface area (Å²) in [6.07, 6.45) is 4.26. The van der Waals surface area contributed by atoms with Gasteiger partial charge >= 0.3 is 0 Å². The molecule has 0 aliphatic rings. The summed E-state index contributed by atoms with van der Waals surface area (Å²) in [5.74, 6) is 2.79. The molecule has 0 fully saturated rings. The van der Waals surface area contributed by atoms with Gasteiger partial charge in [-0.15, -0.1) is 0 Å². The molecule has 0 radical (unpaired) electrons. The molecule has 0 bridgehead atoms. The highest BCUT2D eigenvalue weighted by Gasteiger charge is 2.07. The first kappa shape index (κ1) is 17.9. The Morgan fingerprint density at radius 1 is 0.857 bits per heavy atom. The van der Waals surface area contributed by atoms with E-state index in [1.807, 2.05) is 55.5 Å². The number of ether oxygens (including phenoxy) is 2. The maximum atomic E-state index is 6.00. The Bertz CT molecular complexity index is 1100. The largest absolute Gasteiger partial charge is 0.457 e. The van der Waals surface area contributed by atoms with E-state index in [1.165, 1.54) is 5.56 Å². The first-order chi connectivity index (χ1) is 13.7. The third-order valence-corrected chi connectivity index (χ3v) is 4.41. The number of rotatable bonds is 6. The normalized spacial score (nSPS) is 10.8. The lowest BCUT2D eigenvalue weighted by Gasteiger charge is -2.11. The van der Waals surface area contributed by atoms with Gasteiger partial charge in [0.1, 0.15) is 17.2 Å². The fourth-order valence-electron chi connectivity index (χ4n) is 2.99. The van der Waals surface area contributed by atoms with Gasteiger partial charge in [-0.2, -0.15) is 0 Å². The van der Waals surface area contributed by atoms with Crippen LogP contribution in [0.3, 0.4) is 0 Å². The van der Waals surface area contributed by atoms with E-state index in [2.05, 4.69) is 22.1 Å². The minimum atomic E-state index is 0.560. The smallest absolute Gasteiger partial charge is 0.219 e. The molecule has 2 N–H and O–H groups in total. The fraction of sp³-hybridized carbons (Fsp3) is 0.130. The van der Waals surface area contributed by atoms with Crippen LogP contribution in [-0.2, 0) is 6.42 Å². The average Bonchev–Trinajstić information content (AvgIpc) is 2.71. The van der Waals surface area contributed by atoms with Crippen molar-refractivity contribution in [3.8, 4) is 23.1 Å². The molecule has 140 valence electrons. The number of nitrogens with zero attached hydrogens (tertiary/aromatic N) is 2. The highest BCUT2D eigenvalue weighted by molar-refractivity contribution is 5.79. The van der Waals surface area contributed by atoms with Gasteiger partial charge in [-0.1, -0.05) is 6.07 Å². The van der Waals surface area contributed by atoms with Gasteiger partial charge in [0.2, 0.25) is 5.88 Å². The maximum absolute atomic E-state index is 6.00. The van der Waals surface area contributed by atoms with Crippen molar-refractivity contribution in [3.63, 3.8) is 0 Å². The minimum Gasteiger partial charge on any atom is -0.457 e. The summed E-state index contributed by atoms with van der Waals surface area (Å²) in [5, 5.41) is 1.08. The molecule has 2 aromatic carbocycles. The van der Waals surface area contributed by atoms with E-state index in [-0.39, 0.29) is 0 Å². The molecule has 2 heterocycles. The van der Waals surface area contributed by atoms with Crippen LogP contribution in [0.1, 0.15) is 11.1 Å². The highest BCUT2D eigenvalue weighted by Crippen LogP contribution is 2.30. The zero-order chi connectivity index (χ0) is 19.3. The minimum absolute atomic E-state index is 0.560. The summed E-state index contributed by atoms with van der Waals surface area (Å²) < 4.78 is 11.8. The lowest BCUT2D eigenvalue weighted by molar-refractivity contribution is 0.454. The fourth-order valence-corrected chi connectivity index (χ4v) is 2.99. The third-order valence-electron chi connectivity index (χ3n) is 4.41. The third kappa shape index (κ3) is 4.10. The predicted molar refractivity (Wildman–Crippen MR) is 110 cm³/mol. The van der Waals surface area contributed by atoms with Crippen LogP contribution >= 0.6 is 0 Å². The molecule has 0 aliphatic heterocycles. The van der Waals surface area contributed by atoms with Crippen LogP contribution in [0.5, 0.6) is 23.1 Å². The summed E-state index contributed by atoms with van der Waals surface area (Å²) in [6.45, 7) is 2.62. The van der Waals surface area contributed by atoms with Crippen LogP contribution in [0.25, 0.3) is 10.9 Å². The molecule has 0 saturated heterocycles. The molecule has 5 nitrogen and oxygen atoms in total. The van der Waals surface area contributed by atoms with E-state index in [4.69, 9.17) is 15.2 Å². The molecule has 2 aromatic heterocycles. The van der Waals surface area contributed by atoms with E-state index in [0.29, 0.717) is 12.4 Å². The Morgan fingerprint density at radius 2 is 1.71 bits per heavy atom. The summed E-state index contributed by atoms with van der Waals surface area (Å²) >= 11 is 0. The summed E-state index contributed by atoms with van der Waals surface area (Å²) in [7, 11) is 0. The van der Waals surface area contributed by atoms with E-state index in [9.17, 15) is 0 Å². The van der Waals surface area contributed by atoms with Crippen molar-refractivity contribution >= 4 is 10.9 Å². The number of aryl methyl sites for hydroxylation is 1. The van der Waals surface area contributed by atoms with Gasteiger partial charge in [0.05, 0.1) is 5.52 Å². The molecule has 0 spiro atoms. The van der Waals surface area contributed by atoms with Crippen LogP contribution in [0.4, 0.5) is 0 Å². The molecule has 0 saturated carbocycles. The monoisotopic (exact) mass is 371 g/mol. The summed E-state index contributed by atoms with van der Waals surface area (Å²) in [6, 6.07) is 19.4. The van der Waals surface area contributed by atoms with E-state index >= 15 is 0 Å². The van der Waals surface area contributed by atoms with Gasteiger partial charge in [0.25, 0.3) is 0 Å². The van der Waals surface area contributed by atoms with E-state index < -0.39 is 0 Å². The summed E-state index contributed by atoms with van der Waals surface area (Å²) in [4.78, 5) is 8.60. The standard InChI is InChI=1S/C23H21N3O2/c1-16-14-20(27-19-9-12-25-13-10-19)4-6-22(16)28-23-7-3-18-15-17(8-11-24)2-5-21(18)26-23/h2-7,9-10,12-15H,8,11,24H2,1H3. The van der Waals surface area contributed by atoms with Crippen LogP contribution in [0.15, 0.2) is 73.1 Å². The van der Waals surface area contributed by atoms with Crippen molar-refractivity contribution in [2.24, 2.45) is 5.73 Å². The molecule has 0 atom stereocenters. The van der Waals surface area contributed by atoms with Gasteiger partial charge < -0.3 is 15.2 Å². The molecule has 5 heteroatoms. The average molecular weight is 371 g/mol. The lowest BCUT2D eigenvalue weighted by atomic mass is 10.1. The molecular weight excluding hydrogens is 350 g/mol. The van der Waals surface area contributed by atoms with E-state index in [1.54, 1.807) is 12.4 Å². The number of hydrogen-bond donors (Lipinski definition) is 1. The zero-order valence-corrected chi connectivity index (χ0v) is 15.6. The Balaban J connectivity index is 1.52. The molecule has 28 heavy (non-hydrogen) atoms. The highest BCUT2D eigenvalue weighted by atomic mass is 16.5. The van der Waals surface area contributed by atoms with Crippen LogP contribution in [-0.4, -0.2) is 16.5 Å². The van der Waals surface area contributed by atoms with Gasteiger partial charge in [0.15, 0.2) is 0 Å². The number of aromatic nitrogens is 2. The predicted octanol–water partition coefficient (Wildman–Crippen LogP) is 5.02. The Kier molecular flexibility index (Phi) is 5.17. The number of fused-ring (bicyclic) bond motifs is 1.